The highest BCUT2D eigenvalue weighted by Gasteiger charge is 2.19. The summed E-state index contributed by atoms with van der Waals surface area (Å²) in [4.78, 5) is 25.8. The minimum absolute atomic E-state index is 0. The van der Waals surface area contributed by atoms with E-state index in [1.807, 2.05) is 84.9 Å². The molecule has 1 atom stereocenters. The molecule has 0 aromatic heterocycles. The van der Waals surface area contributed by atoms with Crippen LogP contribution in [0, 0.1) is 0 Å². The summed E-state index contributed by atoms with van der Waals surface area (Å²) in [5.74, 6) is 0.379. The third-order valence-corrected chi connectivity index (χ3v) is 8.00. The summed E-state index contributed by atoms with van der Waals surface area (Å²) in [6.45, 7) is 5.73. The number of carbonyl (C=O) groups is 2. The average Bonchev–Trinajstić information content (AvgIpc) is 3.09. The lowest BCUT2D eigenvalue weighted by Gasteiger charge is -2.27. The van der Waals surface area contributed by atoms with E-state index in [4.69, 9.17) is 30.5 Å². The first kappa shape index (κ1) is 39.4. The molecule has 0 aliphatic carbocycles. The number of carbonyl (C=O) groups excluding carboxylic acids is 2. The fourth-order valence-corrected chi connectivity index (χ4v) is 5.67. The standard InChI is InChI=1S/C39H44ClNO7.ClH/c1-3-45-38(43)27-47-34-19-15-30(16-20-34)36(31-17-21-35(22-18-31)48-28-39(44)46-4-2)14-9-23-41(25-29-10-6-5-7-11-29)26-37(42)32-12-8-13-33(40)24-32;/h5-8,10-13,15-22,24,36-37,42H,3-4,9,14,23,25-28H2,1-2H3;1H/t37-;/m0./s1. The first-order chi connectivity index (χ1) is 23.3. The van der Waals surface area contributed by atoms with Gasteiger partial charge in [-0.3, -0.25) is 4.90 Å². The Morgan fingerprint density at radius 1 is 0.735 bits per heavy atom. The SMILES string of the molecule is CCOC(=O)COc1ccc(C(CCCN(Cc2ccccc2)C[C@H](O)c2cccc(Cl)c2)c2ccc(OCC(=O)OCC)cc2)cc1.Cl. The largest absolute Gasteiger partial charge is 0.482 e. The molecule has 0 saturated carbocycles. The third-order valence-electron chi connectivity index (χ3n) is 7.77. The second-order valence-electron chi connectivity index (χ2n) is 11.3. The van der Waals surface area contributed by atoms with Gasteiger partial charge in [-0.15, -0.1) is 12.4 Å². The Labute approximate surface area is 300 Å². The normalized spacial score (nSPS) is 11.5. The number of benzene rings is 4. The van der Waals surface area contributed by atoms with E-state index in [9.17, 15) is 14.7 Å². The highest BCUT2D eigenvalue weighted by atomic mass is 35.5. The highest BCUT2D eigenvalue weighted by Crippen LogP contribution is 2.32. The van der Waals surface area contributed by atoms with Crippen molar-refractivity contribution in [3.05, 3.63) is 130 Å². The van der Waals surface area contributed by atoms with Crippen LogP contribution in [0.15, 0.2) is 103 Å². The molecule has 0 heterocycles. The van der Waals surface area contributed by atoms with Crippen LogP contribution in [0.25, 0.3) is 0 Å². The summed E-state index contributed by atoms with van der Waals surface area (Å²) in [5, 5.41) is 11.7. The van der Waals surface area contributed by atoms with Crippen molar-refractivity contribution in [2.24, 2.45) is 0 Å². The molecule has 1 N–H and O–H groups in total. The second-order valence-corrected chi connectivity index (χ2v) is 11.7. The fourth-order valence-electron chi connectivity index (χ4n) is 5.47. The molecule has 0 spiro atoms. The van der Waals surface area contributed by atoms with Crippen LogP contribution < -0.4 is 9.47 Å². The van der Waals surface area contributed by atoms with Gasteiger partial charge in [-0.2, -0.15) is 0 Å². The Kier molecular flexibility index (Phi) is 17.0. The van der Waals surface area contributed by atoms with Crippen molar-refractivity contribution < 1.29 is 33.6 Å². The lowest BCUT2D eigenvalue weighted by molar-refractivity contribution is -0.146. The van der Waals surface area contributed by atoms with E-state index >= 15 is 0 Å². The van der Waals surface area contributed by atoms with Crippen LogP contribution in [0.5, 0.6) is 11.5 Å². The van der Waals surface area contributed by atoms with E-state index in [0.717, 1.165) is 36.1 Å². The van der Waals surface area contributed by atoms with Crippen molar-refractivity contribution in [2.45, 2.75) is 45.3 Å². The van der Waals surface area contributed by atoms with Crippen molar-refractivity contribution in [3.8, 4) is 11.5 Å². The van der Waals surface area contributed by atoms with E-state index in [1.165, 1.54) is 5.56 Å². The van der Waals surface area contributed by atoms with Gasteiger partial charge in [0, 0.05) is 24.0 Å². The van der Waals surface area contributed by atoms with Gasteiger partial charge in [0.15, 0.2) is 13.2 Å². The van der Waals surface area contributed by atoms with E-state index in [-0.39, 0.29) is 31.5 Å². The molecule has 49 heavy (non-hydrogen) atoms. The summed E-state index contributed by atoms with van der Waals surface area (Å²) in [6, 6.07) is 33.1. The van der Waals surface area contributed by atoms with Crippen LogP contribution in [-0.4, -0.2) is 61.5 Å². The summed E-state index contributed by atoms with van der Waals surface area (Å²) in [6.07, 6.45) is 0.986. The third kappa shape index (κ3) is 13.4. The van der Waals surface area contributed by atoms with Gasteiger partial charge in [0.25, 0.3) is 0 Å². The van der Waals surface area contributed by atoms with Gasteiger partial charge in [-0.1, -0.05) is 78.3 Å². The summed E-state index contributed by atoms with van der Waals surface area (Å²) in [7, 11) is 0. The summed E-state index contributed by atoms with van der Waals surface area (Å²) in [5.41, 5.74) is 4.14. The quantitative estimate of drug-likeness (QED) is 0.0987. The van der Waals surface area contributed by atoms with Crippen LogP contribution in [0.3, 0.4) is 0 Å². The molecule has 0 radical (unpaired) electrons. The lowest BCUT2D eigenvalue weighted by atomic mass is 9.87. The molecule has 0 aliphatic heterocycles. The maximum atomic E-state index is 11.8. The molecule has 4 aromatic rings. The number of nitrogens with zero attached hydrogens (tertiary/aromatic N) is 1. The molecule has 10 heteroatoms. The number of aliphatic hydroxyl groups is 1. The van der Waals surface area contributed by atoms with E-state index in [0.29, 0.717) is 42.8 Å². The maximum absolute atomic E-state index is 11.8. The molecule has 262 valence electrons. The van der Waals surface area contributed by atoms with Crippen LogP contribution in [0.1, 0.15) is 61.0 Å². The topological polar surface area (TPSA) is 94.5 Å². The zero-order chi connectivity index (χ0) is 34.1. The molecular formula is C39H45Cl2NO7. The van der Waals surface area contributed by atoms with Crippen LogP contribution in [-0.2, 0) is 25.6 Å². The van der Waals surface area contributed by atoms with Gasteiger partial charge in [0.05, 0.1) is 19.3 Å². The Bertz CT molecular complexity index is 1490. The average molecular weight is 711 g/mol. The van der Waals surface area contributed by atoms with Crippen LogP contribution in [0.2, 0.25) is 5.02 Å². The molecule has 0 fully saturated rings. The van der Waals surface area contributed by atoms with Crippen LogP contribution in [0.4, 0.5) is 0 Å². The smallest absolute Gasteiger partial charge is 0.344 e. The Morgan fingerprint density at radius 2 is 1.29 bits per heavy atom. The molecular weight excluding hydrogens is 665 g/mol. The van der Waals surface area contributed by atoms with Gasteiger partial charge < -0.3 is 24.1 Å². The van der Waals surface area contributed by atoms with Crippen molar-refractivity contribution >= 4 is 35.9 Å². The van der Waals surface area contributed by atoms with E-state index in [2.05, 4.69) is 17.0 Å². The molecule has 0 unspecified atom stereocenters. The number of ether oxygens (including phenoxy) is 4. The second kappa shape index (κ2) is 21.1. The number of halogens is 2. The van der Waals surface area contributed by atoms with E-state index in [1.54, 1.807) is 19.9 Å². The van der Waals surface area contributed by atoms with E-state index < -0.39 is 18.0 Å². The molecule has 0 saturated heterocycles. The van der Waals surface area contributed by atoms with Gasteiger partial charge in [0.1, 0.15) is 11.5 Å². The fraction of sp³-hybridized carbons (Fsp3) is 0.333. The molecule has 4 rings (SSSR count). The first-order valence-electron chi connectivity index (χ1n) is 16.3. The highest BCUT2D eigenvalue weighted by molar-refractivity contribution is 6.30. The number of rotatable bonds is 19. The number of hydrogen-bond donors (Lipinski definition) is 1. The van der Waals surface area contributed by atoms with Gasteiger partial charge in [0.2, 0.25) is 0 Å². The van der Waals surface area contributed by atoms with Gasteiger partial charge in [-0.25, -0.2) is 9.59 Å². The Balaban J connectivity index is 0.00000650. The van der Waals surface area contributed by atoms with Gasteiger partial charge in [-0.05, 0) is 91.9 Å². The van der Waals surface area contributed by atoms with Crippen LogP contribution >= 0.6 is 24.0 Å². The van der Waals surface area contributed by atoms with Crippen molar-refractivity contribution in [1.29, 1.82) is 0 Å². The molecule has 0 aliphatic rings. The Hall–Kier alpha value is -4.08. The predicted octanol–water partition coefficient (Wildman–Crippen LogP) is 7.79. The zero-order valence-corrected chi connectivity index (χ0v) is 29.5. The van der Waals surface area contributed by atoms with Crippen molar-refractivity contribution in [1.82, 2.24) is 4.90 Å². The maximum Gasteiger partial charge on any atom is 0.344 e. The molecule has 8 nitrogen and oxygen atoms in total. The number of hydrogen-bond acceptors (Lipinski definition) is 8. The first-order valence-corrected chi connectivity index (χ1v) is 16.7. The zero-order valence-electron chi connectivity index (χ0n) is 28.0. The number of esters is 2. The van der Waals surface area contributed by atoms with Gasteiger partial charge >= 0.3 is 11.9 Å². The Morgan fingerprint density at radius 3 is 1.80 bits per heavy atom. The predicted molar refractivity (Wildman–Crippen MR) is 194 cm³/mol. The molecule has 0 amide bonds. The van der Waals surface area contributed by atoms with Crippen molar-refractivity contribution in [2.75, 3.05) is 39.5 Å². The minimum Gasteiger partial charge on any atom is -0.482 e. The summed E-state index contributed by atoms with van der Waals surface area (Å²) < 4.78 is 21.2. The van der Waals surface area contributed by atoms with Crippen molar-refractivity contribution in [3.63, 3.8) is 0 Å². The lowest BCUT2D eigenvalue weighted by Crippen LogP contribution is -2.29. The number of aliphatic hydroxyl groups excluding tert-OH is 1. The monoisotopic (exact) mass is 709 g/mol. The molecule has 0 bridgehead atoms. The minimum atomic E-state index is -0.687. The molecule has 4 aromatic carbocycles. The summed E-state index contributed by atoms with van der Waals surface area (Å²) >= 11 is 6.22.